The fourth-order valence-corrected chi connectivity index (χ4v) is 1.77. The standard InChI is InChI=1S/C15H12F2O4/c1-20-13-5-2-9(15(18)19)6-10(13)8-21-14-7-11(16)3-4-12(14)17/h2-7H,8H2,1H3,(H,18,19). The van der Waals surface area contributed by atoms with E-state index in [4.69, 9.17) is 14.6 Å². The number of carboxylic acids is 1. The Bertz CT molecular complexity index is 671. The van der Waals surface area contributed by atoms with E-state index >= 15 is 0 Å². The Hall–Kier alpha value is -2.63. The van der Waals surface area contributed by atoms with Gasteiger partial charge in [-0.05, 0) is 30.3 Å². The molecule has 0 aromatic heterocycles. The Kier molecular flexibility index (Phi) is 4.37. The number of methoxy groups -OCH3 is 1. The minimum Gasteiger partial charge on any atom is -0.496 e. The lowest BCUT2D eigenvalue weighted by molar-refractivity contribution is 0.0696. The molecule has 0 saturated carbocycles. The van der Waals surface area contributed by atoms with Gasteiger partial charge < -0.3 is 14.6 Å². The molecule has 2 aromatic rings. The van der Waals surface area contributed by atoms with Gasteiger partial charge in [0.1, 0.15) is 18.2 Å². The molecule has 0 aliphatic heterocycles. The second-order valence-electron chi connectivity index (χ2n) is 4.20. The van der Waals surface area contributed by atoms with E-state index in [0.29, 0.717) is 11.3 Å². The highest BCUT2D eigenvalue weighted by atomic mass is 19.1. The molecule has 0 aliphatic carbocycles. The van der Waals surface area contributed by atoms with E-state index in [0.717, 1.165) is 18.2 Å². The van der Waals surface area contributed by atoms with Gasteiger partial charge in [-0.1, -0.05) is 0 Å². The van der Waals surface area contributed by atoms with Crippen molar-refractivity contribution in [2.75, 3.05) is 7.11 Å². The van der Waals surface area contributed by atoms with Crippen molar-refractivity contribution >= 4 is 5.97 Å². The zero-order valence-corrected chi connectivity index (χ0v) is 11.1. The molecule has 4 nitrogen and oxygen atoms in total. The monoisotopic (exact) mass is 294 g/mol. The average molecular weight is 294 g/mol. The van der Waals surface area contributed by atoms with Gasteiger partial charge in [0.05, 0.1) is 12.7 Å². The van der Waals surface area contributed by atoms with Gasteiger partial charge in [-0.15, -0.1) is 0 Å². The molecule has 0 fully saturated rings. The quantitative estimate of drug-likeness (QED) is 0.919. The molecule has 2 aromatic carbocycles. The van der Waals surface area contributed by atoms with Crippen molar-refractivity contribution in [2.45, 2.75) is 6.61 Å². The lowest BCUT2D eigenvalue weighted by atomic mass is 10.1. The van der Waals surface area contributed by atoms with Gasteiger partial charge in [-0.2, -0.15) is 0 Å². The van der Waals surface area contributed by atoms with Gasteiger partial charge in [0.2, 0.25) is 0 Å². The molecule has 0 heterocycles. The van der Waals surface area contributed by atoms with Crippen LogP contribution >= 0.6 is 0 Å². The molecule has 0 unspecified atom stereocenters. The van der Waals surface area contributed by atoms with Gasteiger partial charge in [-0.3, -0.25) is 0 Å². The van der Waals surface area contributed by atoms with E-state index < -0.39 is 17.6 Å². The summed E-state index contributed by atoms with van der Waals surface area (Å²) in [5.74, 6) is -2.28. The van der Waals surface area contributed by atoms with Gasteiger partial charge in [0, 0.05) is 11.6 Å². The molecular formula is C15H12F2O4. The molecule has 0 saturated heterocycles. The summed E-state index contributed by atoms with van der Waals surface area (Å²) in [7, 11) is 1.42. The molecule has 0 atom stereocenters. The number of benzene rings is 2. The van der Waals surface area contributed by atoms with Crippen LogP contribution in [0.3, 0.4) is 0 Å². The number of carbonyl (C=O) groups is 1. The van der Waals surface area contributed by atoms with Crippen LogP contribution in [-0.4, -0.2) is 18.2 Å². The second-order valence-corrected chi connectivity index (χ2v) is 4.20. The zero-order valence-electron chi connectivity index (χ0n) is 11.1. The highest BCUT2D eigenvalue weighted by molar-refractivity contribution is 5.88. The lowest BCUT2D eigenvalue weighted by Crippen LogP contribution is -2.04. The van der Waals surface area contributed by atoms with Gasteiger partial charge >= 0.3 is 5.97 Å². The van der Waals surface area contributed by atoms with Gasteiger partial charge in [0.25, 0.3) is 0 Å². The van der Waals surface area contributed by atoms with E-state index in [1.54, 1.807) is 0 Å². The van der Waals surface area contributed by atoms with E-state index in [2.05, 4.69) is 0 Å². The molecule has 0 bridgehead atoms. The first-order chi connectivity index (χ1) is 10.0. The summed E-state index contributed by atoms with van der Waals surface area (Å²) in [4.78, 5) is 10.9. The highest BCUT2D eigenvalue weighted by Crippen LogP contribution is 2.24. The Morgan fingerprint density at radius 3 is 2.57 bits per heavy atom. The van der Waals surface area contributed by atoms with Crippen LogP contribution in [0.1, 0.15) is 15.9 Å². The SMILES string of the molecule is COc1ccc(C(=O)O)cc1COc1cc(F)ccc1F. The Labute approximate surface area is 119 Å². The van der Waals surface area contributed by atoms with Crippen LogP contribution in [0.25, 0.3) is 0 Å². The molecule has 110 valence electrons. The third kappa shape index (κ3) is 3.47. The number of aromatic carboxylic acids is 1. The number of halogens is 2. The van der Waals surface area contributed by atoms with Crippen molar-refractivity contribution in [3.05, 3.63) is 59.2 Å². The van der Waals surface area contributed by atoms with E-state index in [1.807, 2.05) is 0 Å². The fourth-order valence-electron chi connectivity index (χ4n) is 1.77. The molecule has 1 N–H and O–H groups in total. The lowest BCUT2D eigenvalue weighted by Gasteiger charge is -2.11. The molecule has 21 heavy (non-hydrogen) atoms. The van der Waals surface area contributed by atoms with Crippen LogP contribution in [-0.2, 0) is 6.61 Å². The smallest absolute Gasteiger partial charge is 0.335 e. The summed E-state index contributed by atoms with van der Waals surface area (Å²) in [5.41, 5.74) is 0.468. The van der Waals surface area contributed by atoms with Crippen molar-refractivity contribution in [3.8, 4) is 11.5 Å². The number of hydrogen-bond donors (Lipinski definition) is 1. The van der Waals surface area contributed by atoms with Crippen molar-refractivity contribution in [3.63, 3.8) is 0 Å². The maximum atomic E-state index is 13.4. The summed E-state index contributed by atoms with van der Waals surface area (Å²) < 4.78 is 36.8. The molecular weight excluding hydrogens is 282 g/mol. The third-order valence-electron chi connectivity index (χ3n) is 2.80. The second kappa shape index (κ2) is 6.21. The minimum atomic E-state index is -1.10. The normalized spacial score (nSPS) is 10.2. The first-order valence-corrected chi connectivity index (χ1v) is 5.99. The van der Waals surface area contributed by atoms with Crippen molar-refractivity contribution in [1.82, 2.24) is 0 Å². The summed E-state index contributed by atoms with van der Waals surface area (Å²) in [6, 6.07) is 7.07. The van der Waals surface area contributed by atoms with Crippen molar-refractivity contribution < 1.29 is 28.2 Å². The highest BCUT2D eigenvalue weighted by Gasteiger charge is 2.11. The summed E-state index contributed by atoms with van der Waals surface area (Å²) in [6.45, 7) is -0.148. The van der Waals surface area contributed by atoms with Gasteiger partial charge in [0.15, 0.2) is 11.6 Å². The Morgan fingerprint density at radius 2 is 1.90 bits per heavy atom. The average Bonchev–Trinajstić information content (AvgIpc) is 2.47. The first-order valence-electron chi connectivity index (χ1n) is 5.99. The molecule has 0 spiro atoms. The largest absolute Gasteiger partial charge is 0.496 e. The summed E-state index contributed by atoms with van der Waals surface area (Å²) in [5, 5.41) is 8.95. The van der Waals surface area contributed by atoms with Crippen LogP contribution in [0.15, 0.2) is 36.4 Å². The molecule has 0 radical (unpaired) electrons. The molecule has 6 heteroatoms. The Balaban J connectivity index is 2.24. The van der Waals surface area contributed by atoms with Crippen molar-refractivity contribution in [2.24, 2.45) is 0 Å². The van der Waals surface area contributed by atoms with E-state index in [9.17, 15) is 13.6 Å². The van der Waals surface area contributed by atoms with E-state index in [-0.39, 0.29) is 17.9 Å². The number of hydrogen-bond acceptors (Lipinski definition) is 3. The zero-order chi connectivity index (χ0) is 15.4. The maximum Gasteiger partial charge on any atom is 0.335 e. The predicted molar refractivity (Wildman–Crippen MR) is 70.6 cm³/mol. The fraction of sp³-hybridized carbons (Fsp3) is 0.133. The third-order valence-corrected chi connectivity index (χ3v) is 2.80. The number of carboxylic acid groups (broad SMARTS) is 1. The number of ether oxygens (including phenoxy) is 2. The minimum absolute atomic E-state index is 0.0501. The first kappa shape index (κ1) is 14.8. The van der Waals surface area contributed by atoms with E-state index in [1.165, 1.54) is 25.3 Å². The van der Waals surface area contributed by atoms with Crippen LogP contribution in [0, 0.1) is 11.6 Å². The predicted octanol–water partition coefficient (Wildman–Crippen LogP) is 3.25. The summed E-state index contributed by atoms with van der Waals surface area (Å²) in [6.07, 6.45) is 0. The molecule has 2 rings (SSSR count). The number of rotatable bonds is 5. The summed E-state index contributed by atoms with van der Waals surface area (Å²) >= 11 is 0. The maximum absolute atomic E-state index is 13.4. The molecule has 0 amide bonds. The van der Waals surface area contributed by atoms with Crippen molar-refractivity contribution in [1.29, 1.82) is 0 Å². The van der Waals surface area contributed by atoms with Crippen LogP contribution in [0.4, 0.5) is 8.78 Å². The van der Waals surface area contributed by atoms with Crippen LogP contribution in [0.5, 0.6) is 11.5 Å². The molecule has 0 aliphatic rings. The topological polar surface area (TPSA) is 55.8 Å². The van der Waals surface area contributed by atoms with Crippen LogP contribution in [0.2, 0.25) is 0 Å². The Morgan fingerprint density at radius 1 is 1.14 bits per heavy atom. The van der Waals surface area contributed by atoms with Gasteiger partial charge in [-0.25, -0.2) is 13.6 Å². The van der Waals surface area contributed by atoms with Crippen LogP contribution < -0.4 is 9.47 Å².